The molecule has 0 aromatic rings. The van der Waals surface area contributed by atoms with Gasteiger partial charge >= 0.3 is 12.0 Å². The normalized spacial score (nSPS) is 24.9. The number of urea groups is 1. The van der Waals surface area contributed by atoms with Crippen molar-refractivity contribution in [2.24, 2.45) is 0 Å². The van der Waals surface area contributed by atoms with E-state index in [0.29, 0.717) is 26.1 Å². The van der Waals surface area contributed by atoms with E-state index in [0.717, 1.165) is 19.1 Å². The quantitative estimate of drug-likeness (QED) is 0.748. The van der Waals surface area contributed by atoms with Crippen LogP contribution in [0.3, 0.4) is 0 Å². The summed E-state index contributed by atoms with van der Waals surface area (Å²) in [5.74, 6) is -0.974. The number of piperidine rings is 1. The number of carbonyl (C=O) groups excluding carboxylic acids is 1. The van der Waals surface area contributed by atoms with Gasteiger partial charge in [0.2, 0.25) is 10.0 Å². The zero-order chi connectivity index (χ0) is 15.6. The second-order valence-corrected chi connectivity index (χ2v) is 7.46. The van der Waals surface area contributed by atoms with Crippen molar-refractivity contribution in [2.45, 2.75) is 25.3 Å². The zero-order valence-corrected chi connectivity index (χ0v) is 12.9. The Kier molecular flexibility index (Phi) is 4.72. The van der Waals surface area contributed by atoms with E-state index in [-0.39, 0.29) is 19.1 Å². The van der Waals surface area contributed by atoms with Gasteiger partial charge in [0, 0.05) is 32.7 Å². The van der Waals surface area contributed by atoms with E-state index in [9.17, 15) is 23.1 Å². The van der Waals surface area contributed by atoms with E-state index in [1.807, 2.05) is 0 Å². The highest BCUT2D eigenvalue weighted by atomic mass is 32.2. The average molecular weight is 319 g/mol. The van der Waals surface area contributed by atoms with Gasteiger partial charge in [-0.15, -0.1) is 0 Å². The maximum absolute atomic E-state index is 12.4. The minimum absolute atomic E-state index is 0.260. The van der Waals surface area contributed by atoms with Crippen molar-refractivity contribution in [3.05, 3.63) is 0 Å². The highest BCUT2D eigenvalue weighted by Gasteiger charge is 2.36. The lowest BCUT2D eigenvalue weighted by Crippen LogP contribution is -2.57. The summed E-state index contributed by atoms with van der Waals surface area (Å²) in [6.45, 7) is 1.57. The van der Waals surface area contributed by atoms with Gasteiger partial charge in [0.1, 0.15) is 6.04 Å². The molecule has 0 saturated carbocycles. The lowest BCUT2D eigenvalue weighted by molar-refractivity contribution is -0.143. The van der Waals surface area contributed by atoms with Crippen molar-refractivity contribution in [3.63, 3.8) is 0 Å². The number of piperazine rings is 1. The van der Waals surface area contributed by atoms with Crippen molar-refractivity contribution in [2.75, 3.05) is 39.0 Å². The first-order chi connectivity index (χ1) is 9.80. The number of aliphatic carboxylic acids is 1. The van der Waals surface area contributed by atoms with Crippen LogP contribution in [-0.2, 0) is 14.8 Å². The van der Waals surface area contributed by atoms with Gasteiger partial charge in [0.05, 0.1) is 6.26 Å². The monoisotopic (exact) mass is 319 g/mol. The number of carboxylic acid groups (broad SMARTS) is 1. The van der Waals surface area contributed by atoms with Gasteiger partial charge in [-0.25, -0.2) is 18.0 Å². The Bertz CT molecular complexity index is 513. The smallest absolute Gasteiger partial charge is 0.326 e. The van der Waals surface area contributed by atoms with Crippen molar-refractivity contribution in [3.8, 4) is 0 Å². The Labute approximate surface area is 124 Å². The Balaban J connectivity index is 1.99. The molecule has 2 amide bonds. The van der Waals surface area contributed by atoms with E-state index >= 15 is 0 Å². The minimum Gasteiger partial charge on any atom is -0.480 e. The maximum Gasteiger partial charge on any atom is 0.326 e. The number of likely N-dealkylation sites (tertiary alicyclic amines) is 1. The van der Waals surface area contributed by atoms with E-state index in [1.54, 1.807) is 4.90 Å². The number of sulfonamides is 1. The number of carbonyl (C=O) groups is 2. The Morgan fingerprint density at radius 3 is 2.19 bits per heavy atom. The summed E-state index contributed by atoms with van der Waals surface area (Å²) in [6.07, 6.45) is 3.24. The van der Waals surface area contributed by atoms with Gasteiger partial charge in [0.25, 0.3) is 0 Å². The second-order valence-electron chi connectivity index (χ2n) is 5.47. The van der Waals surface area contributed by atoms with Crippen LogP contribution in [0, 0.1) is 0 Å². The molecule has 2 aliphatic rings. The molecule has 1 atom stereocenters. The molecular formula is C12H21N3O5S. The van der Waals surface area contributed by atoms with Crippen LogP contribution in [0.2, 0.25) is 0 Å². The fourth-order valence-electron chi connectivity index (χ4n) is 2.81. The SMILES string of the molecule is CS(=O)(=O)N1CCN(C(=O)N2CCCCC2C(=O)O)CC1. The van der Waals surface area contributed by atoms with Gasteiger partial charge in [-0.2, -0.15) is 4.31 Å². The van der Waals surface area contributed by atoms with Crippen molar-refractivity contribution < 1.29 is 23.1 Å². The summed E-state index contributed by atoms with van der Waals surface area (Å²) in [4.78, 5) is 26.6. The first-order valence-corrected chi connectivity index (χ1v) is 8.89. The molecule has 2 saturated heterocycles. The average Bonchev–Trinajstić information content (AvgIpc) is 2.45. The summed E-state index contributed by atoms with van der Waals surface area (Å²) in [6, 6.07) is -1.06. The first-order valence-electron chi connectivity index (χ1n) is 7.04. The minimum atomic E-state index is -3.24. The highest BCUT2D eigenvalue weighted by molar-refractivity contribution is 7.88. The highest BCUT2D eigenvalue weighted by Crippen LogP contribution is 2.20. The summed E-state index contributed by atoms with van der Waals surface area (Å²) in [7, 11) is -3.24. The standard InChI is InChI=1S/C12H21N3O5S/c1-21(19,20)14-8-6-13(7-9-14)12(18)15-5-3-2-4-10(15)11(16)17/h10H,2-9H2,1H3,(H,16,17). The number of amides is 2. The lowest BCUT2D eigenvalue weighted by Gasteiger charge is -2.40. The van der Waals surface area contributed by atoms with Crippen LogP contribution in [0.5, 0.6) is 0 Å². The molecule has 0 aliphatic carbocycles. The fourth-order valence-corrected chi connectivity index (χ4v) is 3.64. The zero-order valence-electron chi connectivity index (χ0n) is 12.1. The number of hydrogen-bond acceptors (Lipinski definition) is 4. The van der Waals surface area contributed by atoms with Gasteiger partial charge in [-0.05, 0) is 19.3 Å². The molecular weight excluding hydrogens is 298 g/mol. The van der Waals surface area contributed by atoms with E-state index in [2.05, 4.69) is 0 Å². The van der Waals surface area contributed by atoms with Crippen LogP contribution < -0.4 is 0 Å². The predicted octanol–water partition coefficient (Wildman–Crippen LogP) is -0.377. The molecule has 0 bridgehead atoms. The summed E-state index contributed by atoms with van der Waals surface area (Å²) in [5.41, 5.74) is 0. The van der Waals surface area contributed by atoms with Crippen LogP contribution in [-0.4, -0.2) is 84.7 Å². The molecule has 120 valence electrons. The number of hydrogen-bond donors (Lipinski definition) is 1. The number of nitrogens with zero attached hydrogens (tertiary/aromatic N) is 3. The molecule has 2 fully saturated rings. The summed E-state index contributed by atoms with van der Waals surface area (Å²) >= 11 is 0. The Morgan fingerprint density at radius 2 is 1.67 bits per heavy atom. The fraction of sp³-hybridized carbons (Fsp3) is 0.833. The van der Waals surface area contributed by atoms with Crippen molar-refractivity contribution in [1.29, 1.82) is 0 Å². The summed E-state index contributed by atoms with van der Waals surface area (Å²) in [5, 5.41) is 9.20. The molecule has 2 heterocycles. The van der Waals surface area contributed by atoms with Crippen molar-refractivity contribution in [1.82, 2.24) is 14.1 Å². The van der Waals surface area contributed by atoms with Gasteiger partial charge < -0.3 is 14.9 Å². The van der Waals surface area contributed by atoms with Crippen LogP contribution in [0.1, 0.15) is 19.3 Å². The van der Waals surface area contributed by atoms with E-state index < -0.39 is 22.0 Å². The van der Waals surface area contributed by atoms with Gasteiger partial charge in [0.15, 0.2) is 0 Å². The largest absolute Gasteiger partial charge is 0.480 e. The van der Waals surface area contributed by atoms with Crippen LogP contribution in [0.15, 0.2) is 0 Å². The molecule has 8 nitrogen and oxygen atoms in total. The molecule has 1 N–H and O–H groups in total. The third-order valence-corrected chi connectivity index (χ3v) is 5.31. The molecule has 2 rings (SSSR count). The third kappa shape index (κ3) is 3.65. The molecule has 21 heavy (non-hydrogen) atoms. The summed E-state index contributed by atoms with van der Waals surface area (Å²) < 4.78 is 24.2. The molecule has 0 aromatic carbocycles. The number of rotatable bonds is 2. The number of carboxylic acids is 1. The first kappa shape index (κ1) is 16.0. The molecule has 0 radical (unpaired) electrons. The molecule has 0 aromatic heterocycles. The van der Waals surface area contributed by atoms with Crippen LogP contribution in [0.25, 0.3) is 0 Å². The van der Waals surface area contributed by atoms with E-state index in [1.165, 1.54) is 9.21 Å². The lowest BCUT2D eigenvalue weighted by atomic mass is 10.0. The molecule has 0 spiro atoms. The van der Waals surface area contributed by atoms with Gasteiger partial charge in [-0.1, -0.05) is 0 Å². The van der Waals surface area contributed by atoms with Gasteiger partial charge in [-0.3, -0.25) is 0 Å². The Hall–Kier alpha value is -1.35. The molecule has 1 unspecified atom stereocenters. The third-order valence-electron chi connectivity index (χ3n) is 4.01. The molecule has 2 aliphatic heterocycles. The Morgan fingerprint density at radius 1 is 1.05 bits per heavy atom. The van der Waals surface area contributed by atoms with E-state index in [4.69, 9.17) is 0 Å². The maximum atomic E-state index is 12.4. The predicted molar refractivity (Wildman–Crippen MR) is 75.4 cm³/mol. The van der Waals surface area contributed by atoms with Crippen LogP contribution >= 0.6 is 0 Å². The van der Waals surface area contributed by atoms with Crippen molar-refractivity contribution >= 4 is 22.0 Å². The molecule has 9 heteroatoms. The topological polar surface area (TPSA) is 98.2 Å². The second kappa shape index (κ2) is 6.18. The van der Waals surface area contributed by atoms with Crippen LogP contribution in [0.4, 0.5) is 4.79 Å².